The molecule has 2 aromatic rings. The third kappa shape index (κ3) is 5.71. The van der Waals surface area contributed by atoms with Gasteiger partial charge in [0, 0.05) is 30.9 Å². The number of methoxy groups -OCH3 is 1. The quantitative estimate of drug-likeness (QED) is 0.639. The molecule has 1 fully saturated rings. The zero-order valence-corrected chi connectivity index (χ0v) is 16.2. The molecule has 8 heteroatoms. The van der Waals surface area contributed by atoms with Crippen LogP contribution < -0.4 is 25.6 Å². The molecule has 3 N–H and O–H groups in total. The monoisotopic (exact) mass is 396 g/mol. The van der Waals surface area contributed by atoms with Crippen molar-refractivity contribution >= 4 is 23.4 Å². The fourth-order valence-electron chi connectivity index (χ4n) is 2.95. The molecule has 0 atom stereocenters. The van der Waals surface area contributed by atoms with Crippen molar-refractivity contribution in [1.82, 2.24) is 16.0 Å². The Labute approximate surface area is 169 Å². The molecule has 0 aromatic heterocycles. The Kier molecular flexibility index (Phi) is 6.67. The summed E-state index contributed by atoms with van der Waals surface area (Å²) in [5, 5.41) is 8.17. The molecule has 2 aromatic carbocycles. The van der Waals surface area contributed by atoms with Crippen LogP contribution in [0, 0.1) is 0 Å². The maximum Gasteiger partial charge on any atom is 0.251 e. The molecule has 0 spiro atoms. The molecule has 3 rings (SSSR count). The Morgan fingerprint density at radius 3 is 2.45 bits per heavy atom. The van der Waals surface area contributed by atoms with Gasteiger partial charge >= 0.3 is 0 Å². The van der Waals surface area contributed by atoms with Gasteiger partial charge < -0.3 is 25.6 Å². The minimum atomic E-state index is -0.322. The van der Waals surface area contributed by atoms with E-state index < -0.39 is 0 Å². The predicted octanol–water partition coefficient (Wildman–Crippen LogP) is 0.678. The van der Waals surface area contributed by atoms with Gasteiger partial charge in [-0.25, -0.2) is 0 Å². The summed E-state index contributed by atoms with van der Waals surface area (Å²) in [6, 6.07) is 14.4. The molecule has 1 heterocycles. The lowest BCUT2D eigenvalue weighted by Crippen LogP contribution is -2.47. The van der Waals surface area contributed by atoms with Crippen molar-refractivity contribution in [2.24, 2.45) is 0 Å². The molecule has 1 saturated heterocycles. The maximum atomic E-state index is 12.1. The maximum absolute atomic E-state index is 12.1. The van der Waals surface area contributed by atoms with Crippen molar-refractivity contribution in [2.45, 2.75) is 6.54 Å². The number of amides is 3. The van der Waals surface area contributed by atoms with Crippen LogP contribution in [0.25, 0.3) is 0 Å². The highest BCUT2D eigenvalue weighted by molar-refractivity contribution is 5.96. The van der Waals surface area contributed by atoms with Gasteiger partial charge in [-0.2, -0.15) is 0 Å². The first-order valence-electron chi connectivity index (χ1n) is 9.34. The standard InChI is InChI=1S/C21H24N4O4/c1-29-18-8-4-16(5-9-18)21(28)24-13-19(26)23-12-15-2-6-17(7-3-15)25-11-10-22-20(27)14-25/h2-9H,10-14H2,1H3,(H,22,27)(H,23,26)(H,24,28). The van der Waals surface area contributed by atoms with E-state index in [2.05, 4.69) is 16.0 Å². The molecular formula is C21H24N4O4. The van der Waals surface area contributed by atoms with Gasteiger partial charge in [-0.15, -0.1) is 0 Å². The van der Waals surface area contributed by atoms with Crippen LogP contribution >= 0.6 is 0 Å². The van der Waals surface area contributed by atoms with Gasteiger partial charge in [0.25, 0.3) is 5.91 Å². The Morgan fingerprint density at radius 1 is 1.07 bits per heavy atom. The molecule has 1 aliphatic heterocycles. The number of hydrogen-bond donors (Lipinski definition) is 3. The van der Waals surface area contributed by atoms with Gasteiger partial charge in [0.2, 0.25) is 11.8 Å². The lowest BCUT2D eigenvalue weighted by Gasteiger charge is -2.28. The molecule has 3 amide bonds. The van der Waals surface area contributed by atoms with Gasteiger partial charge in [-0.05, 0) is 42.0 Å². The SMILES string of the molecule is COc1ccc(C(=O)NCC(=O)NCc2ccc(N3CCNC(=O)C3)cc2)cc1. The highest BCUT2D eigenvalue weighted by Gasteiger charge is 2.16. The lowest BCUT2D eigenvalue weighted by atomic mass is 10.2. The van der Waals surface area contributed by atoms with Gasteiger partial charge in [-0.3, -0.25) is 14.4 Å². The van der Waals surface area contributed by atoms with E-state index in [1.165, 1.54) is 0 Å². The van der Waals surface area contributed by atoms with Crippen molar-refractivity contribution < 1.29 is 19.1 Å². The van der Waals surface area contributed by atoms with Gasteiger partial charge in [-0.1, -0.05) is 12.1 Å². The topological polar surface area (TPSA) is 99.8 Å². The molecule has 0 bridgehead atoms. The summed E-state index contributed by atoms with van der Waals surface area (Å²) in [4.78, 5) is 37.6. The number of ether oxygens (including phenoxy) is 1. The average molecular weight is 396 g/mol. The number of nitrogens with one attached hydrogen (secondary N) is 3. The summed E-state index contributed by atoms with van der Waals surface area (Å²) >= 11 is 0. The first kappa shape index (κ1) is 20.2. The van der Waals surface area contributed by atoms with Crippen molar-refractivity contribution in [1.29, 1.82) is 0 Å². The molecule has 0 unspecified atom stereocenters. The Bertz CT molecular complexity index is 865. The van der Waals surface area contributed by atoms with Crippen LogP contribution in [-0.2, 0) is 16.1 Å². The van der Waals surface area contributed by atoms with E-state index in [0.717, 1.165) is 17.8 Å². The van der Waals surface area contributed by atoms with E-state index in [4.69, 9.17) is 4.74 Å². The fourth-order valence-corrected chi connectivity index (χ4v) is 2.95. The second kappa shape index (κ2) is 9.59. The number of carbonyl (C=O) groups is 3. The largest absolute Gasteiger partial charge is 0.497 e. The molecule has 0 saturated carbocycles. The number of piperazine rings is 1. The second-order valence-corrected chi connectivity index (χ2v) is 6.63. The summed E-state index contributed by atoms with van der Waals surface area (Å²) in [7, 11) is 1.55. The zero-order valence-electron chi connectivity index (χ0n) is 16.2. The van der Waals surface area contributed by atoms with E-state index >= 15 is 0 Å². The summed E-state index contributed by atoms with van der Waals surface area (Å²) in [5.74, 6) is 0.0829. The Hall–Kier alpha value is -3.55. The first-order chi connectivity index (χ1) is 14.0. The highest BCUT2D eigenvalue weighted by Crippen LogP contribution is 2.16. The summed E-state index contributed by atoms with van der Waals surface area (Å²) in [6.45, 7) is 2.02. The molecule has 0 aliphatic carbocycles. The van der Waals surface area contributed by atoms with E-state index in [0.29, 0.717) is 30.9 Å². The normalized spacial score (nSPS) is 13.4. The van der Waals surface area contributed by atoms with Gasteiger partial charge in [0.05, 0.1) is 20.2 Å². The molecule has 0 radical (unpaired) electrons. The van der Waals surface area contributed by atoms with Crippen molar-refractivity contribution in [3.05, 3.63) is 59.7 Å². The Balaban J connectivity index is 1.42. The van der Waals surface area contributed by atoms with Crippen LogP contribution in [0.2, 0.25) is 0 Å². The van der Waals surface area contributed by atoms with E-state index in [1.807, 2.05) is 29.2 Å². The predicted molar refractivity (Wildman–Crippen MR) is 109 cm³/mol. The first-order valence-corrected chi connectivity index (χ1v) is 9.34. The smallest absolute Gasteiger partial charge is 0.251 e. The van der Waals surface area contributed by atoms with Crippen LogP contribution in [0.15, 0.2) is 48.5 Å². The van der Waals surface area contributed by atoms with Crippen LogP contribution in [-0.4, -0.2) is 51.0 Å². The van der Waals surface area contributed by atoms with E-state index in [-0.39, 0.29) is 24.3 Å². The summed E-state index contributed by atoms with van der Waals surface area (Å²) < 4.78 is 5.05. The van der Waals surface area contributed by atoms with Crippen molar-refractivity contribution in [3.63, 3.8) is 0 Å². The summed E-state index contributed by atoms with van der Waals surface area (Å²) in [6.07, 6.45) is 0. The average Bonchev–Trinajstić information content (AvgIpc) is 2.76. The third-order valence-corrected chi connectivity index (χ3v) is 4.59. The van der Waals surface area contributed by atoms with Crippen molar-refractivity contribution in [2.75, 3.05) is 38.2 Å². The van der Waals surface area contributed by atoms with Gasteiger partial charge in [0.1, 0.15) is 5.75 Å². The number of anilines is 1. The van der Waals surface area contributed by atoms with Crippen LogP contribution in [0.3, 0.4) is 0 Å². The molecule has 152 valence electrons. The fraction of sp³-hybridized carbons (Fsp3) is 0.286. The molecule has 8 nitrogen and oxygen atoms in total. The molecule has 1 aliphatic rings. The zero-order chi connectivity index (χ0) is 20.6. The number of rotatable bonds is 7. The highest BCUT2D eigenvalue weighted by atomic mass is 16.5. The van der Waals surface area contributed by atoms with Crippen LogP contribution in [0.4, 0.5) is 5.69 Å². The minimum absolute atomic E-state index is 0.0178. The summed E-state index contributed by atoms with van der Waals surface area (Å²) in [5.41, 5.74) is 2.37. The Morgan fingerprint density at radius 2 is 1.79 bits per heavy atom. The van der Waals surface area contributed by atoms with E-state index in [1.54, 1.807) is 31.4 Å². The number of benzene rings is 2. The lowest BCUT2D eigenvalue weighted by molar-refractivity contribution is -0.121. The van der Waals surface area contributed by atoms with Crippen LogP contribution in [0.1, 0.15) is 15.9 Å². The number of nitrogens with zero attached hydrogens (tertiary/aromatic N) is 1. The molecular weight excluding hydrogens is 372 g/mol. The van der Waals surface area contributed by atoms with Crippen LogP contribution in [0.5, 0.6) is 5.75 Å². The van der Waals surface area contributed by atoms with E-state index in [9.17, 15) is 14.4 Å². The number of hydrogen-bond acceptors (Lipinski definition) is 5. The third-order valence-electron chi connectivity index (χ3n) is 4.59. The van der Waals surface area contributed by atoms with Crippen molar-refractivity contribution in [3.8, 4) is 5.75 Å². The molecule has 29 heavy (non-hydrogen) atoms. The second-order valence-electron chi connectivity index (χ2n) is 6.63. The van der Waals surface area contributed by atoms with Gasteiger partial charge in [0.15, 0.2) is 0 Å². The minimum Gasteiger partial charge on any atom is -0.497 e. The number of carbonyl (C=O) groups excluding carboxylic acids is 3.